The number of rotatable bonds is 4. The first kappa shape index (κ1) is 20.4. The third-order valence-electron chi connectivity index (χ3n) is 4.44. The van der Waals surface area contributed by atoms with Gasteiger partial charge in [0.1, 0.15) is 5.82 Å². The van der Waals surface area contributed by atoms with E-state index in [0.717, 1.165) is 35.5 Å². The Morgan fingerprint density at radius 2 is 1.96 bits per heavy atom. The highest BCUT2D eigenvalue weighted by molar-refractivity contribution is 5.92. The topological polar surface area (TPSA) is 44.4 Å². The summed E-state index contributed by atoms with van der Waals surface area (Å²) in [7, 11) is 0. The Morgan fingerprint density at radius 1 is 1.23 bits per heavy atom. The minimum Gasteiger partial charge on any atom is -0.325 e. The molecule has 0 aromatic heterocycles. The normalized spacial score (nSPS) is 17.4. The van der Waals surface area contributed by atoms with E-state index >= 15 is 0 Å². The molecule has 1 unspecified atom stereocenters. The van der Waals surface area contributed by atoms with E-state index in [-0.39, 0.29) is 36.7 Å². The van der Waals surface area contributed by atoms with Gasteiger partial charge in [-0.2, -0.15) is 0 Å². The van der Waals surface area contributed by atoms with Crippen LogP contribution in [-0.2, 0) is 4.79 Å². The third-order valence-corrected chi connectivity index (χ3v) is 4.44. The lowest BCUT2D eigenvalue weighted by Gasteiger charge is -2.36. The quantitative estimate of drug-likeness (QED) is 0.857. The van der Waals surface area contributed by atoms with E-state index in [4.69, 9.17) is 0 Å². The monoisotopic (exact) mass is 377 g/mol. The molecule has 3 rings (SSSR count). The highest BCUT2D eigenvalue weighted by Gasteiger charge is 2.25. The third kappa shape index (κ3) is 5.27. The molecule has 0 spiro atoms. The van der Waals surface area contributed by atoms with Gasteiger partial charge in [0.15, 0.2) is 0 Å². The molecular weight excluding hydrogens is 353 g/mol. The molecule has 2 aromatic carbocycles. The van der Waals surface area contributed by atoms with Crippen molar-refractivity contribution < 1.29 is 9.18 Å². The smallest absolute Gasteiger partial charge is 0.238 e. The highest BCUT2D eigenvalue weighted by Crippen LogP contribution is 2.23. The Morgan fingerprint density at radius 3 is 2.65 bits per heavy atom. The predicted molar refractivity (Wildman–Crippen MR) is 105 cm³/mol. The number of carbonyl (C=O) groups excluding carboxylic acids is 1. The zero-order chi connectivity index (χ0) is 17.8. The summed E-state index contributed by atoms with van der Waals surface area (Å²) < 4.78 is 13.6. The van der Waals surface area contributed by atoms with Gasteiger partial charge in [-0.1, -0.05) is 18.2 Å². The van der Waals surface area contributed by atoms with Gasteiger partial charge in [-0.25, -0.2) is 4.39 Å². The van der Waals surface area contributed by atoms with E-state index in [1.165, 1.54) is 6.07 Å². The maximum atomic E-state index is 13.6. The molecule has 1 aliphatic rings. The number of aryl methyl sites for hydroxylation is 2. The van der Waals surface area contributed by atoms with Crippen LogP contribution in [0.1, 0.15) is 22.7 Å². The second-order valence-corrected chi connectivity index (χ2v) is 6.67. The van der Waals surface area contributed by atoms with Crippen molar-refractivity contribution in [2.45, 2.75) is 19.9 Å². The standard InChI is InChI=1S/C20H24FN3O.ClH/c1-14-8-15(2)10-18(9-14)23-20(25)13-24-7-6-22-12-19(24)16-4-3-5-17(21)11-16;/h3-5,8-11,19,22H,6-7,12-13H2,1-2H3,(H,23,25);1H. The molecule has 1 aliphatic heterocycles. The Hall–Kier alpha value is -1.95. The maximum Gasteiger partial charge on any atom is 0.238 e. The van der Waals surface area contributed by atoms with E-state index in [1.54, 1.807) is 12.1 Å². The van der Waals surface area contributed by atoms with E-state index in [9.17, 15) is 9.18 Å². The number of nitrogens with zero attached hydrogens (tertiary/aromatic N) is 1. The molecular formula is C20H25ClFN3O. The summed E-state index contributed by atoms with van der Waals surface area (Å²) in [4.78, 5) is 14.6. The van der Waals surface area contributed by atoms with Crippen molar-refractivity contribution in [2.24, 2.45) is 0 Å². The summed E-state index contributed by atoms with van der Waals surface area (Å²) in [5, 5.41) is 6.30. The average Bonchev–Trinajstić information content (AvgIpc) is 2.54. The van der Waals surface area contributed by atoms with Crippen LogP contribution in [0.2, 0.25) is 0 Å². The zero-order valence-corrected chi connectivity index (χ0v) is 15.9. The van der Waals surface area contributed by atoms with Crippen LogP contribution in [0.4, 0.5) is 10.1 Å². The summed E-state index contributed by atoms with van der Waals surface area (Å²) in [6.07, 6.45) is 0. The Balaban J connectivity index is 0.00000243. The fraction of sp³-hybridized carbons (Fsp3) is 0.350. The number of amides is 1. The summed E-state index contributed by atoms with van der Waals surface area (Å²) >= 11 is 0. The molecule has 2 N–H and O–H groups in total. The Labute approximate surface area is 160 Å². The molecule has 0 saturated carbocycles. The predicted octanol–water partition coefficient (Wildman–Crippen LogP) is 3.45. The summed E-state index contributed by atoms with van der Waals surface area (Å²) in [6, 6.07) is 12.6. The number of halogens is 2. The molecule has 0 aliphatic carbocycles. The van der Waals surface area contributed by atoms with Crippen molar-refractivity contribution in [1.29, 1.82) is 0 Å². The average molecular weight is 378 g/mol. The molecule has 1 amide bonds. The van der Waals surface area contributed by atoms with Crippen molar-refractivity contribution in [3.05, 3.63) is 65.0 Å². The number of benzene rings is 2. The molecule has 6 heteroatoms. The van der Waals surface area contributed by atoms with Crippen LogP contribution in [0.3, 0.4) is 0 Å². The van der Waals surface area contributed by atoms with Gasteiger partial charge in [0, 0.05) is 31.4 Å². The van der Waals surface area contributed by atoms with Crippen LogP contribution >= 0.6 is 12.4 Å². The first-order valence-electron chi connectivity index (χ1n) is 8.59. The summed E-state index contributed by atoms with van der Waals surface area (Å²) in [5.74, 6) is -0.295. The lowest BCUT2D eigenvalue weighted by molar-refractivity contribution is -0.118. The second-order valence-electron chi connectivity index (χ2n) is 6.67. The number of carbonyl (C=O) groups is 1. The molecule has 140 valence electrons. The van der Waals surface area contributed by atoms with Crippen LogP contribution in [-0.4, -0.2) is 37.0 Å². The number of piperazine rings is 1. The molecule has 0 radical (unpaired) electrons. The maximum absolute atomic E-state index is 13.6. The molecule has 26 heavy (non-hydrogen) atoms. The molecule has 1 heterocycles. The van der Waals surface area contributed by atoms with Gasteiger partial charge in [0.25, 0.3) is 0 Å². The summed E-state index contributed by atoms with van der Waals surface area (Å²) in [5.41, 5.74) is 3.96. The van der Waals surface area contributed by atoms with Gasteiger partial charge in [-0.05, 0) is 54.8 Å². The van der Waals surface area contributed by atoms with Gasteiger partial charge in [-0.3, -0.25) is 9.69 Å². The SMILES string of the molecule is Cc1cc(C)cc(NC(=O)CN2CCNCC2c2cccc(F)c2)c1.Cl. The molecule has 0 bridgehead atoms. The second kappa shape index (κ2) is 9.12. The number of hydrogen-bond donors (Lipinski definition) is 2. The molecule has 4 nitrogen and oxygen atoms in total. The van der Waals surface area contributed by atoms with E-state index in [1.807, 2.05) is 32.0 Å². The van der Waals surface area contributed by atoms with Crippen LogP contribution < -0.4 is 10.6 Å². The fourth-order valence-electron chi connectivity index (χ4n) is 3.41. The van der Waals surface area contributed by atoms with Crippen LogP contribution in [0.15, 0.2) is 42.5 Å². The van der Waals surface area contributed by atoms with Gasteiger partial charge < -0.3 is 10.6 Å². The molecule has 1 atom stereocenters. The Bertz CT molecular complexity index is 748. The molecule has 1 fully saturated rings. The van der Waals surface area contributed by atoms with Crippen LogP contribution in [0.5, 0.6) is 0 Å². The zero-order valence-electron chi connectivity index (χ0n) is 15.1. The number of anilines is 1. The first-order valence-corrected chi connectivity index (χ1v) is 8.59. The van der Waals surface area contributed by atoms with Crippen LogP contribution in [0.25, 0.3) is 0 Å². The minimum atomic E-state index is -0.247. The largest absolute Gasteiger partial charge is 0.325 e. The fourth-order valence-corrected chi connectivity index (χ4v) is 3.41. The van der Waals surface area contributed by atoms with Gasteiger partial charge in [0.05, 0.1) is 6.54 Å². The number of hydrogen-bond acceptors (Lipinski definition) is 3. The van der Waals surface area contributed by atoms with Gasteiger partial charge >= 0.3 is 0 Å². The van der Waals surface area contributed by atoms with Crippen molar-refractivity contribution in [3.8, 4) is 0 Å². The lowest BCUT2D eigenvalue weighted by atomic mass is 10.0. The van der Waals surface area contributed by atoms with E-state index < -0.39 is 0 Å². The summed E-state index contributed by atoms with van der Waals surface area (Å²) in [6.45, 7) is 6.60. The molecule has 2 aromatic rings. The van der Waals surface area contributed by atoms with Crippen LogP contribution in [0, 0.1) is 19.7 Å². The van der Waals surface area contributed by atoms with E-state index in [2.05, 4.69) is 21.6 Å². The van der Waals surface area contributed by atoms with Gasteiger partial charge in [0.2, 0.25) is 5.91 Å². The lowest BCUT2D eigenvalue weighted by Crippen LogP contribution is -2.48. The Kier molecular flexibility index (Phi) is 7.14. The van der Waals surface area contributed by atoms with Crippen molar-refractivity contribution in [3.63, 3.8) is 0 Å². The molecule has 1 saturated heterocycles. The van der Waals surface area contributed by atoms with Crippen molar-refractivity contribution in [1.82, 2.24) is 10.2 Å². The van der Waals surface area contributed by atoms with Crippen molar-refractivity contribution in [2.75, 3.05) is 31.5 Å². The first-order chi connectivity index (χ1) is 12.0. The van der Waals surface area contributed by atoms with Gasteiger partial charge in [-0.15, -0.1) is 12.4 Å². The van der Waals surface area contributed by atoms with Crippen molar-refractivity contribution >= 4 is 24.0 Å². The minimum absolute atomic E-state index is 0. The highest BCUT2D eigenvalue weighted by atomic mass is 35.5. The van der Waals surface area contributed by atoms with E-state index in [0.29, 0.717) is 6.54 Å². The number of nitrogens with one attached hydrogen (secondary N) is 2.